The number of hydrogen-bond donors (Lipinski definition) is 1. The number of aliphatic carboxylic acids is 1. The van der Waals surface area contributed by atoms with Gasteiger partial charge in [-0.3, -0.25) is 9.69 Å². The number of hydrogen-bond acceptors (Lipinski definition) is 5. The molecule has 2 fully saturated rings. The van der Waals surface area contributed by atoms with Crippen molar-refractivity contribution in [3.63, 3.8) is 0 Å². The minimum absolute atomic E-state index is 0.0799. The molecular formula is C24H28N2O6. The molecule has 0 radical (unpaired) electrons. The maximum atomic E-state index is 13.5. The lowest BCUT2D eigenvalue weighted by Gasteiger charge is -2.54. The summed E-state index contributed by atoms with van der Waals surface area (Å²) in [5.74, 6) is -1.02. The zero-order valence-electron chi connectivity index (χ0n) is 18.4. The highest BCUT2D eigenvalue weighted by molar-refractivity contribution is 5.96. The van der Waals surface area contributed by atoms with Gasteiger partial charge in [-0.2, -0.15) is 0 Å². The highest BCUT2D eigenvalue weighted by Crippen LogP contribution is 2.43. The summed E-state index contributed by atoms with van der Waals surface area (Å²) in [6, 6.07) is 10.2. The fourth-order valence-corrected chi connectivity index (χ4v) is 4.85. The average Bonchev–Trinajstić information content (AvgIpc) is 3.42. The second kappa shape index (κ2) is 8.68. The van der Waals surface area contributed by atoms with Crippen molar-refractivity contribution < 1.29 is 28.6 Å². The SMILES string of the molecule is CC(C)CC(C(=O)O)N1C(=O)C(N2C(=O)OC[C@H]2c2ccccc2)C1C(C)c1ccco1. The number of likely N-dealkylation sites (tertiary alicyclic amines) is 1. The Kier molecular flexibility index (Phi) is 5.95. The first-order chi connectivity index (χ1) is 15.3. The monoisotopic (exact) mass is 440 g/mol. The van der Waals surface area contributed by atoms with Gasteiger partial charge in [0.15, 0.2) is 0 Å². The molecule has 4 unspecified atom stereocenters. The van der Waals surface area contributed by atoms with Crippen LogP contribution in [0.3, 0.4) is 0 Å². The molecule has 2 aliphatic rings. The highest BCUT2D eigenvalue weighted by Gasteiger charge is 2.60. The van der Waals surface area contributed by atoms with Crippen molar-refractivity contribution in [2.24, 2.45) is 5.92 Å². The second-order valence-corrected chi connectivity index (χ2v) is 8.88. The molecule has 4 rings (SSSR count). The number of ether oxygens (including phenoxy) is 1. The quantitative estimate of drug-likeness (QED) is 0.629. The molecule has 0 spiro atoms. The van der Waals surface area contributed by atoms with Gasteiger partial charge in [0.1, 0.15) is 24.5 Å². The third-order valence-corrected chi connectivity index (χ3v) is 6.37. The van der Waals surface area contributed by atoms with Gasteiger partial charge >= 0.3 is 12.1 Å². The predicted octanol–water partition coefficient (Wildman–Crippen LogP) is 3.66. The van der Waals surface area contributed by atoms with Crippen LogP contribution in [0.5, 0.6) is 0 Å². The average molecular weight is 440 g/mol. The van der Waals surface area contributed by atoms with E-state index in [9.17, 15) is 19.5 Å². The number of benzene rings is 1. The second-order valence-electron chi connectivity index (χ2n) is 8.88. The molecule has 2 saturated heterocycles. The van der Waals surface area contributed by atoms with Crippen molar-refractivity contribution in [3.8, 4) is 0 Å². The summed E-state index contributed by atoms with van der Waals surface area (Å²) in [5.41, 5.74) is 0.867. The number of carbonyl (C=O) groups is 3. The molecule has 0 bridgehead atoms. The fraction of sp³-hybridized carbons (Fsp3) is 0.458. The van der Waals surface area contributed by atoms with Crippen molar-refractivity contribution in [1.29, 1.82) is 0 Å². The van der Waals surface area contributed by atoms with Crippen molar-refractivity contribution in [3.05, 3.63) is 60.1 Å². The Bertz CT molecular complexity index is 974. The van der Waals surface area contributed by atoms with Crippen LogP contribution in [0.4, 0.5) is 4.79 Å². The van der Waals surface area contributed by atoms with Crippen LogP contribution in [0.1, 0.15) is 50.5 Å². The van der Waals surface area contributed by atoms with Crippen LogP contribution < -0.4 is 0 Å². The molecule has 0 saturated carbocycles. The molecule has 1 aromatic heterocycles. The number of carboxylic acids is 1. The molecule has 5 atom stereocenters. The summed E-state index contributed by atoms with van der Waals surface area (Å²) >= 11 is 0. The van der Waals surface area contributed by atoms with Gasteiger partial charge in [0, 0.05) is 5.92 Å². The molecule has 32 heavy (non-hydrogen) atoms. The number of furan rings is 1. The standard InChI is InChI=1S/C24H28N2O6/c1-14(2)12-17(23(28)29)25-20(15(3)19-10-7-11-31-19)21(22(25)27)26-18(13-32-24(26)30)16-8-5-4-6-9-16/h4-11,14-15,17-18,20-21H,12-13H2,1-3H3,(H,28,29)/t15?,17?,18-,20?,21?/m0/s1. The van der Waals surface area contributed by atoms with Crippen LogP contribution >= 0.6 is 0 Å². The summed E-state index contributed by atoms with van der Waals surface area (Å²) < 4.78 is 10.9. The van der Waals surface area contributed by atoms with Gasteiger partial charge in [0.05, 0.1) is 18.3 Å². The molecule has 8 heteroatoms. The Morgan fingerprint density at radius 2 is 1.84 bits per heavy atom. The molecular weight excluding hydrogens is 412 g/mol. The molecule has 8 nitrogen and oxygen atoms in total. The van der Waals surface area contributed by atoms with Crippen LogP contribution in [0.2, 0.25) is 0 Å². The lowest BCUT2D eigenvalue weighted by Crippen LogP contribution is -2.75. The number of β-lactam (4-membered cyclic amide) rings is 1. The summed E-state index contributed by atoms with van der Waals surface area (Å²) in [5, 5.41) is 9.92. The van der Waals surface area contributed by atoms with Crippen molar-refractivity contribution >= 4 is 18.0 Å². The fourth-order valence-electron chi connectivity index (χ4n) is 4.85. The zero-order valence-corrected chi connectivity index (χ0v) is 18.4. The van der Waals surface area contributed by atoms with Gasteiger partial charge in [-0.05, 0) is 30.0 Å². The van der Waals surface area contributed by atoms with Gasteiger partial charge in [-0.1, -0.05) is 51.1 Å². The van der Waals surface area contributed by atoms with E-state index in [2.05, 4.69) is 0 Å². The molecule has 1 aromatic carbocycles. The van der Waals surface area contributed by atoms with Crippen molar-refractivity contribution in [2.45, 2.75) is 57.3 Å². The smallest absolute Gasteiger partial charge is 0.411 e. The minimum Gasteiger partial charge on any atom is -0.480 e. The normalized spacial score (nSPS) is 24.9. The van der Waals surface area contributed by atoms with E-state index in [0.717, 1.165) is 5.56 Å². The predicted molar refractivity (Wildman–Crippen MR) is 115 cm³/mol. The lowest BCUT2D eigenvalue weighted by atomic mass is 9.79. The first kappa shape index (κ1) is 21.9. The lowest BCUT2D eigenvalue weighted by molar-refractivity contribution is -0.174. The van der Waals surface area contributed by atoms with E-state index in [1.54, 1.807) is 18.4 Å². The van der Waals surface area contributed by atoms with E-state index >= 15 is 0 Å². The Morgan fingerprint density at radius 1 is 1.12 bits per heavy atom. The number of carbonyl (C=O) groups excluding carboxylic acids is 2. The maximum Gasteiger partial charge on any atom is 0.411 e. The Labute approximate surface area is 186 Å². The Hall–Kier alpha value is -3.29. The Morgan fingerprint density at radius 3 is 2.44 bits per heavy atom. The minimum atomic E-state index is -1.05. The van der Waals surface area contributed by atoms with E-state index in [1.807, 2.05) is 51.1 Å². The summed E-state index contributed by atoms with van der Waals surface area (Å²) in [4.78, 5) is 41.3. The molecule has 2 aliphatic heterocycles. The van der Waals surface area contributed by atoms with E-state index in [0.29, 0.717) is 12.2 Å². The number of amides is 2. The third-order valence-electron chi connectivity index (χ3n) is 6.37. The number of nitrogens with zero attached hydrogens (tertiary/aromatic N) is 2. The number of rotatable bonds is 8. The first-order valence-corrected chi connectivity index (χ1v) is 10.9. The van der Waals surface area contributed by atoms with Crippen LogP contribution in [0, 0.1) is 5.92 Å². The van der Waals surface area contributed by atoms with Crippen LogP contribution in [0.25, 0.3) is 0 Å². The zero-order chi connectivity index (χ0) is 23.0. The summed E-state index contributed by atoms with van der Waals surface area (Å²) in [6.07, 6.45) is 1.30. The largest absolute Gasteiger partial charge is 0.480 e. The first-order valence-electron chi connectivity index (χ1n) is 10.9. The van der Waals surface area contributed by atoms with Crippen molar-refractivity contribution in [2.75, 3.05) is 6.61 Å². The number of cyclic esters (lactones) is 1. The molecule has 1 N–H and O–H groups in total. The van der Waals surface area contributed by atoms with Gasteiger partial charge in [-0.15, -0.1) is 0 Å². The van der Waals surface area contributed by atoms with E-state index < -0.39 is 36.2 Å². The Balaban J connectivity index is 1.72. The molecule has 2 amide bonds. The van der Waals surface area contributed by atoms with Gasteiger partial charge < -0.3 is 19.2 Å². The third kappa shape index (κ3) is 3.74. The van der Waals surface area contributed by atoms with E-state index in [-0.39, 0.29) is 24.3 Å². The highest BCUT2D eigenvalue weighted by atomic mass is 16.6. The summed E-state index contributed by atoms with van der Waals surface area (Å²) in [6.45, 7) is 5.88. The van der Waals surface area contributed by atoms with Gasteiger partial charge in [0.25, 0.3) is 0 Å². The van der Waals surface area contributed by atoms with E-state index in [1.165, 1.54) is 9.80 Å². The molecule has 0 aliphatic carbocycles. The van der Waals surface area contributed by atoms with Crippen LogP contribution in [-0.2, 0) is 14.3 Å². The topological polar surface area (TPSA) is 100 Å². The van der Waals surface area contributed by atoms with Gasteiger partial charge in [0.2, 0.25) is 5.91 Å². The summed E-state index contributed by atoms with van der Waals surface area (Å²) in [7, 11) is 0. The van der Waals surface area contributed by atoms with Gasteiger partial charge in [-0.25, -0.2) is 9.59 Å². The molecule has 2 aromatic rings. The van der Waals surface area contributed by atoms with Crippen molar-refractivity contribution in [1.82, 2.24) is 9.80 Å². The van der Waals surface area contributed by atoms with Crippen LogP contribution in [-0.4, -0.2) is 57.6 Å². The molecule has 170 valence electrons. The maximum absolute atomic E-state index is 13.5. The number of carboxylic acid groups (broad SMARTS) is 1. The van der Waals surface area contributed by atoms with Crippen LogP contribution in [0.15, 0.2) is 53.1 Å². The molecule has 3 heterocycles. The van der Waals surface area contributed by atoms with E-state index in [4.69, 9.17) is 9.15 Å².